The highest BCUT2D eigenvalue weighted by molar-refractivity contribution is 9.10. The maximum Gasteiger partial charge on any atom is 0.169 e. The van der Waals surface area contributed by atoms with Gasteiger partial charge in [-0.2, -0.15) is 0 Å². The lowest BCUT2D eigenvalue weighted by molar-refractivity contribution is 0.111. The van der Waals surface area contributed by atoms with Crippen molar-refractivity contribution in [3.05, 3.63) is 52.8 Å². The molecule has 2 aromatic heterocycles. The van der Waals surface area contributed by atoms with E-state index in [9.17, 15) is 4.79 Å². The Balaban J connectivity index is 2.07. The molecule has 0 fully saturated rings. The van der Waals surface area contributed by atoms with Crippen LogP contribution in [0, 0.1) is 0 Å². The number of imidazole rings is 1. The molecular formula is C17H15BrN2O2. The second kappa shape index (κ2) is 5.93. The van der Waals surface area contributed by atoms with Crippen LogP contribution in [0.15, 0.2) is 47.1 Å². The molecule has 2 heterocycles. The molecular weight excluding hydrogens is 344 g/mol. The highest BCUT2D eigenvalue weighted by Crippen LogP contribution is 2.26. The molecule has 3 aromatic rings. The van der Waals surface area contributed by atoms with E-state index in [4.69, 9.17) is 4.74 Å². The zero-order valence-corrected chi connectivity index (χ0v) is 13.9. The van der Waals surface area contributed by atoms with Crippen LogP contribution in [0.4, 0.5) is 0 Å². The van der Waals surface area contributed by atoms with Gasteiger partial charge >= 0.3 is 0 Å². The average molecular weight is 359 g/mol. The van der Waals surface area contributed by atoms with Gasteiger partial charge < -0.3 is 4.74 Å². The summed E-state index contributed by atoms with van der Waals surface area (Å²) in [6, 6.07) is 11.4. The van der Waals surface area contributed by atoms with Gasteiger partial charge in [-0.25, -0.2) is 4.98 Å². The maximum absolute atomic E-state index is 11.5. The van der Waals surface area contributed by atoms with Crippen molar-refractivity contribution in [3.8, 4) is 17.0 Å². The van der Waals surface area contributed by atoms with Crippen molar-refractivity contribution in [1.82, 2.24) is 9.38 Å². The van der Waals surface area contributed by atoms with E-state index in [-0.39, 0.29) is 6.10 Å². The molecule has 0 bridgehead atoms. The Kier molecular flexibility index (Phi) is 3.98. The molecule has 0 aliphatic rings. The fourth-order valence-electron chi connectivity index (χ4n) is 2.33. The molecule has 0 spiro atoms. The van der Waals surface area contributed by atoms with Crippen LogP contribution in [0.3, 0.4) is 0 Å². The second-order valence-corrected chi connectivity index (χ2v) is 6.15. The first-order chi connectivity index (χ1) is 10.6. The Morgan fingerprint density at radius 3 is 2.55 bits per heavy atom. The molecule has 0 radical (unpaired) electrons. The smallest absolute Gasteiger partial charge is 0.169 e. The zero-order chi connectivity index (χ0) is 15.7. The number of nitrogens with zero attached hydrogens (tertiary/aromatic N) is 2. The van der Waals surface area contributed by atoms with Crippen molar-refractivity contribution in [2.75, 3.05) is 0 Å². The largest absolute Gasteiger partial charge is 0.491 e. The number of benzene rings is 1. The summed E-state index contributed by atoms with van der Waals surface area (Å²) in [6.45, 7) is 3.97. The molecule has 5 heteroatoms. The third kappa shape index (κ3) is 2.76. The van der Waals surface area contributed by atoms with Gasteiger partial charge in [0.25, 0.3) is 0 Å². The maximum atomic E-state index is 11.5. The number of carbonyl (C=O) groups excluding carboxylic acids is 1. The van der Waals surface area contributed by atoms with Gasteiger partial charge in [0.1, 0.15) is 22.8 Å². The Morgan fingerprint density at radius 1 is 1.18 bits per heavy atom. The number of hydrogen-bond donors (Lipinski definition) is 0. The Morgan fingerprint density at radius 2 is 1.91 bits per heavy atom. The molecule has 0 amide bonds. The van der Waals surface area contributed by atoms with E-state index in [1.165, 1.54) is 0 Å². The van der Waals surface area contributed by atoms with Crippen LogP contribution in [0.1, 0.15) is 24.3 Å². The summed E-state index contributed by atoms with van der Waals surface area (Å²) in [5, 5.41) is 0. The third-order valence-corrected chi connectivity index (χ3v) is 3.70. The van der Waals surface area contributed by atoms with Crippen molar-refractivity contribution >= 4 is 27.9 Å². The fraction of sp³-hybridized carbons (Fsp3) is 0.176. The van der Waals surface area contributed by atoms with Gasteiger partial charge in [-0.3, -0.25) is 9.20 Å². The lowest BCUT2D eigenvalue weighted by atomic mass is 10.1. The van der Waals surface area contributed by atoms with Gasteiger partial charge in [0, 0.05) is 16.2 Å². The Labute approximate surface area is 136 Å². The van der Waals surface area contributed by atoms with Gasteiger partial charge in [0.2, 0.25) is 0 Å². The summed E-state index contributed by atoms with van der Waals surface area (Å²) in [6.07, 6.45) is 2.80. The molecule has 22 heavy (non-hydrogen) atoms. The third-order valence-electron chi connectivity index (χ3n) is 3.23. The molecule has 1 aromatic carbocycles. The zero-order valence-electron chi connectivity index (χ0n) is 12.3. The van der Waals surface area contributed by atoms with E-state index in [0.29, 0.717) is 11.4 Å². The van der Waals surface area contributed by atoms with Crippen molar-refractivity contribution in [2.24, 2.45) is 0 Å². The first-order valence-electron chi connectivity index (χ1n) is 6.98. The lowest BCUT2D eigenvalue weighted by Crippen LogP contribution is -2.05. The summed E-state index contributed by atoms with van der Waals surface area (Å²) in [4.78, 5) is 16.1. The highest BCUT2D eigenvalue weighted by atomic mass is 79.9. The van der Waals surface area contributed by atoms with Crippen LogP contribution in [-0.4, -0.2) is 21.8 Å². The monoisotopic (exact) mass is 358 g/mol. The van der Waals surface area contributed by atoms with Crippen LogP contribution in [0.2, 0.25) is 0 Å². The lowest BCUT2D eigenvalue weighted by Gasteiger charge is -2.09. The summed E-state index contributed by atoms with van der Waals surface area (Å²) < 4.78 is 8.31. The highest BCUT2D eigenvalue weighted by Gasteiger charge is 2.13. The van der Waals surface area contributed by atoms with Gasteiger partial charge in [-0.15, -0.1) is 0 Å². The standard InChI is InChI=1S/C17H15BrN2O2/c1-11(2)22-14-6-3-12(4-7-14)17-15(10-21)20-9-13(18)5-8-16(20)19-17/h3-11H,1-2H3. The summed E-state index contributed by atoms with van der Waals surface area (Å²) >= 11 is 3.41. The topological polar surface area (TPSA) is 43.6 Å². The summed E-state index contributed by atoms with van der Waals surface area (Å²) in [5.41, 5.74) is 2.83. The van der Waals surface area contributed by atoms with Crippen LogP contribution >= 0.6 is 15.9 Å². The number of aldehydes is 1. The number of pyridine rings is 1. The van der Waals surface area contributed by atoms with Gasteiger partial charge in [0.15, 0.2) is 6.29 Å². The second-order valence-electron chi connectivity index (χ2n) is 5.23. The minimum atomic E-state index is 0.129. The number of carbonyl (C=O) groups is 1. The fourth-order valence-corrected chi connectivity index (χ4v) is 2.66. The minimum absolute atomic E-state index is 0.129. The Bertz CT molecular complexity index is 823. The number of fused-ring (bicyclic) bond motifs is 1. The molecule has 0 aliphatic carbocycles. The number of ether oxygens (including phenoxy) is 1. The molecule has 0 atom stereocenters. The molecule has 112 valence electrons. The molecule has 0 saturated heterocycles. The van der Waals surface area contributed by atoms with E-state index in [1.807, 2.05) is 56.4 Å². The van der Waals surface area contributed by atoms with E-state index < -0.39 is 0 Å². The first-order valence-corrected chi connectivity index (χ1v) is 7.77. The van der Waals surface area contributed by atoms with Crippen LogP contribution < -0.4 is 4.74 Å². The number of rotatable bonds is 4. The van der Waals surface area contributed by atoms with Crippen molar-refractivity contribution in [3.63, 3.8) is 0 Å². The van der Waals surface area contributed by atoms with Crippen LogP contribution in [0.5, 0.6) is 5.75 Å². The predicted molar refractivity (Wildman–Crippen MR) is 89.5 cm³/mol. The molecule has 0 N–H and O–H groups in total. The average Bonchev–Trinajstić information content (AvgIpc) is 2.85. The molecule has 0 unspecified atom stereocenters. The molecule has 3 rings (SSSR count). The van der Waals surface area contributed by atoms with Crippen LogP contribution in [-0.2, 0) is 0 Å². The predicted octanol–water partition coefficient (Wildman–Crippen LogP) is 4.36. The summed E-state index contributed by atoms with van der Waals surface area (Å²) in [5.74, 6) is 0.804. The normalized spacial score (nSPS) is 11.1. The van der Waals surface area contributed by atoms with E-state index in [2.05, 4.69) is 20.9 Å². The van der Waals surface area contributed by atoms with Crippen LogP contribution in [0.25, 0.3) is 16.9 Å². The first kappa shape index (κ1) is 14.8. The van der Waals surface area contributed by atoms with Gasteiger partial charge in [0.05, 0.1) is 6.10 Å². The SMILES string of the molecule is CC(C)Oc1ccc(-c2nc3ccc(Br)cn3c2C=O)cc1. The summed E-state index contributed by atoms with van der Waals surface area (Å²) in [7, 11) is 0. The van der Waals surface area contributed by atoms with E-state index >= 15 is 0 Å². The number of hydrogen-bond acceptors (Lipinski definition) is 3. The Hall–Kier alpha value is -2.14. The van der Waals surface area contributed by atoms with Gasteiger partial charge in [-0.1, -0.05) is 0 Å². The quantitative estimate of drug-likeness (QED) is 0.650. The van der Waals surface area contributed by atoms with Gasteiger partial charge in [-0.05, 0) is 66.2 Å². The van der Waals surface area contributed by atoms with Crippen molar-refractivity contribution < 1.29 is 9.53 Å². The van der Waals surface area contributed by atoms with E-state index in [1.54, 1.807) is 4.40 Å². The molecule has 0 aliphatic heterocycles. The molecule has 0 saturated carbocycles. The minimum Gasteiger partial charge on any atom is -0.491 e. The number of halogens is 1. The van der Waals surface area contributed by atoms with Crippen molar-refractivity contribution in [1.29, 1.82) is 0 Å². The van der Waals surface area contributed by atoms with Crippen molar-refractivity contribution in [2.45, 2.75) is 20.0 Å². The van der Waals surface area contributed by atoms with E-state index in [0.717, 1.165) is 27.7 Å². The molecule has 4 nitrogen and oxygen atoms in total. The number of aromatic nitrogens is 2.